The summed E-state index contributed by atoms with van der Waals surface area (Å²) in [6.07, 6.45) is 0.318. The molecule has 0 radical (unpaired) electrons. The molecule has 3 aromatic carbocycles. The molecule has 1 atom stereocenters. The van der Waals surface area contributed by atoms with Crippen molar-refractivity contribution in [3.05, 3.63) is 82.9 Å². The minimum absolute atomic E-state index is 0.0129. The summed E-state index contributed by atoms with van der Waals surface area (Å²) in [6, 6.07) is 17.2. The normalized spacial score (nSPS) is 12.0. The molecular weight excluding hydrogens is 590 g/mol. The first-order valence-corrected chi connectivity index (χ1v) is 15.9. The van der Waals surface area contributed by atoms with E-state index in [1.54, 1.807) is 43.5 Å². The Balaban J connectivity index is 2.09. The molecule has 0 saturated heterocycles. The van der Waals surface area contributed by atoms with Crippen molar-refractivity contribution in [1.82, 2.24) is 10.2 Å². The Labute approximate surface area is 259 Å². The number of anilines is 1. The van der Waals surface area contributed by atoms with Gasteiger partial charge in [-0.15, -0.1) is 0 Å². The third-order valence-corrected chi connectivity index (χ3v) is 8.95. The van der Waals surface area contributed by atoms with Crippen LogP contribution in [0.1, 0.15) is 38.3 Å². The summed E-state index contributed by atoms with van der Waals surface area (Å²) in [5.74, 6) is 0.291. The smallest absolute Gasteiger partial charge is 0.264 e. The molecule has 9 nitrogen and oxygen atoms in total. The number of carbonyl (C=O) groups is 2. The number of halogens is 1. The van der Waals surface area contributed by atoms with Gasteiger partial charge in [-0.3, -0.25) is 13.9 Å². The Morgan fingerprint density at radius 2 is 1.67 bits per heavy atom. The lowest BCUT2D eigenvalue weighted by atomic mass is 10.1. The highest BCUT2D eigenvalue weighted by molar-refractivity contribution is 7.92. The molecule has 0 heterocycles. The highest BCUT2D eigenvalue weighted by Crippen LogP contribution is 2.32. The molecule has 1 N–H and O–H groups in total. The standard InChI is InChI=1S/C32H40ClN3O6S/c1-7-29(32(38)34-19-22(2)3)35(20-24-9-8-10-26(17-24)41-5)31(37)21-36(25-13-16-30(42-6)28(33)18-25)43(39,40)27-14-11-23(4)12-15-27/h8-18,22,29H,7,19-21H2,1-6H3,(H,34,38)/t29-/m1/s1. The van der Waals surface area contributed by atoms with Gasteiger partial charge in [0.1, 0.15) is 24.1 Å². The van der Waals surface area contributed by atoms with Crippen molar-refractivity contribution in [1.29, 1.82) is 0 Å². The monoisotopic (exact) mass is 629 g/mol. The van der Waals surface area contributed by atoms with E-state index < -0.39 is 28.5 Å². The average Bonchev–Trinajstić information content (AvgIpc) is 2.98. The van der Waals surface area contributed by atoms with Crippen LogP contribution in [0.4, 0.5) is 5.69 Å². The van der Waals surface area contributed by atoms with E-state index in [-0.39, 0.29) is 34.0 Å². The predicted octanol–water partition coefficient (Wildman–Crippen LogP) is 5.44. The molecule has 0 fully saturated rings. The number of nitrogens with one attached hydrogen (secondary N) is 1. The second kappa shape index (κ2) is 15.1. The summed E-state index contributed by atoms with van der Waals surface area (Å²) in [5, 5.41) is 3.11. The number of rotatable bonds is 14. The second-order valence-electron chi connectivity index (χ2n) is 10.6. The first kappa shape index (κ1) is 33.7. The van der Waals surface area contributed by atoms with Crippen LogP contribution >= 0.6 is 11.6 Å². The molecule has 0 aliphatic rings. The molecule has 0 unspecified atom stereocenters. The summed E-state index contributed by atoms with van der Waals surface area (Å²) in [6.45, 7) is 7.56. The second-order valence-corrected chi connectivity index (χ2v) is 12.8. The summed E-state index contributed by atoms with van der Waals surface area (Å²) < 4.78 is 39.7. The maximum atomic E-state index is 14.2. The SMILES string of the molecule is CC[C@H](C(=O)NCC(C)C)N(Cc1cccc(OC)c1)C(=O)CN(c1ccc(OC)c(Cl)c1)S(=O)(=O)c1ccc(C)cc1. The van der Waals surface area contributed by atoms with Gasteiger partial charge in [0, 0.05) is 13.1 Å². The maximum Gasteiger partial charge on any atom is 0.264 e. The lowest BCUT2D eigenvalue weighted by Crippen LogP contribution is -2.52. The molecule has 232 valence electrons. The van der Waals surface area contributed by atoms with Gasteiger partial charge in [0.15, 0.2) is 0 Å². The summed E-state index contributed by atoms with van der Waals surface area (Å²) in [7, 11) is -1.23. The van der Waals surface area contributed by atoms with Gasteiger partial charge in [0.25, 0.3) is 10.0 Å². The molecule has 43 heavy (non-hydrogen) atoms. The molecule has 0 aliphatic heterocycles. The van der Waals surface area contributed by atoms with E-state index in [1.165, 1.54) is 36.3 Å². The highest BCUT2D eigenvalue weighted by Gasteiger charge is 2.34. The Bertz CT molecular complexity index is 1510. The third kappa shape index (κ3) is 8.64. The van der Waals surface area contributed by atoms with Crippen molar-refractivity contribution in [2.75, 3.05) is 31.6 Å². The largest absolute Gasteiger partial charge is 0.497 e. The van der Waals surface area contributed by atoms with E-state index in [1.807, 2.05) is 33.8 Å². The number of hydrogen-bond donors (Lipinski definition) is 1. The Morgan fingerprint density at radius 1 is 0.977 bits per heavy atom. The summed E-state index contributed by atoms with van der Waals surface area (Å²) in [4.78, 5) is 29.0. The predicted molar refractivity (Wildman–Crippen MR) is 169 cm³/mol. The number of methoxy groups -OCH3 is 2. The van der Waals surface area contributed by atoms with E-state index in [0.717, 1.165) is 15.4 Å². The van der Waals surface area contributed by atoms with Crippen molar-refractivity contribution in [3.8, 4) is 11.5 Å². The number of sulfonamides is 1. The fourth-order valence-electron chi connectivity index (χ4n) is 4.49. The van der Waals surface area contributed by atoms with E-state index in [2.05, 4.69) is 5.32 Å². The first-order valence-electron chi connectivity index (χ1n) is 14.0. The van der Waals surface area contributed by atoms with Crippen LogP contribution in [-0.2, 0) is 26.2 Å². The van der Waals surface area contributed by atoms with Gasteiger partial charge < -0.3 is 19.7 Å². The Kier molecular flexibility index (Phi) is 11.9. The van der Waals surface area contributed by atoms with Gasteiger partial charge in [0.05, 0.1) is 29.8 Å². The molecule has 11 heteroatoms. The first-order chi connectivity index (χ1) is 20.4. The van der Waals surface area contributed by atoms with Crippen LogP contribution in [0.15, 0.2) is 71.6 Å². The number of hydrogen-bond acceptors (Lipinski definition) is 6. The van der Waals surface area contributed by atoms with Gasteiger partial charge >= 0.3 is 0 Å². The fraction of sp³-hybridized carbons (Fsp3) is 0.375. The van der Waals surface area contributed by atoms with Crippen LogP contribution in [0.3, 0.4) is 0 Å². The summed E-state index contributed by atoms with van der Waals surface area (Å²) in [5.41, 5.74) is 1.79. The minimum Gasteiger partial charge on any atom is -0.497 e. The molecule has 0 aromatic heterocycles. The number of aryl methyl sites for hydroxylation is 1. The zero-order valence-corrected chi connectivity index (χ0v) is 27.0. The van der Waals surface area contributed by atoms with Crippen LogP contribution in [0.25, 0.3) is 0 Å². The molecular formula is C32H40ClN3O6S. The van der Waals surface area contributed by atoms with Crippen molar-refractivity contribution < 1.29 is 27.5 Å². The molecule has 0 saturated carbocycles. The molecule has 0 aliphatic carbocycles. The lowest BCUT2D eigenvalue weighted by molar-refractivity contribution is -0.140. The molecule has 0 spiro atoms. The third-order valence-electron chi connectivity index (χ3n) is 6.87. The van der Waals surface area contributed by atoms with Crippen molar-refractivity contribution >= 4 is 39.1 Å². The molecule has 0 bridgehead atoms. The van der Waals surface area contributed by atoms with Gasteiger partial charge in [-0.25, -0.2) is 8.42 Å². The fourth-order valence-corrected chi connectivity index (χ4v) is 6.14. The average molecular weight is 630 g/mol. The van der Waals surface area contributed by atoms with E-state index in [0.29, 0.717) is 24.5 Å². The topological polar surface area (TPSA) is 105 Å². The van der Waals surface area contributed by atoms with E-state index in [4.69, 9.17) is 21.1 Å². The summed E-state index contributed by atoms with van der Waals surface area (Å²) >= 11 is 6.39. The number of nitrogens with zero attached hydrogens (tertiary/aromatic N) is 2. The molecule has 3 aromatic rings. The van der Waals surface area contributed by atoms with Crippen LogP contribution in [0, 0.1) is 12.8 Å². The molecule has 2 amide bonds. The van der Waals surface area contributed by atoms with Crippen molar-refractivity contribution in [2.45, 2.75) is 51.6 Å². The zero-order valence-electron chi connectivity index (χ0n) is 25.5. The zero-order chi connectivity index (χ0) is 31.7. The number of ether oxygens (including phenoxy) is 2. The van der Waals surface area contributed by atoms with E-state index in [9.17, 15) is 18.0 Å². The Morgan fingerprint density at radius 3 is 2.26 bits per heavy atom. The van der Waals surface area contributed by atoms with Crippen molar-refractivity contribution in [3.63, 3.8) is 0 Å². The van der Waals surface area contributed by atoms with Gasteiger partial charge in [-0.1, -0.05) is 62.2 Å². The minimum atomic E-state index is -4.23. The number of carbonyl (C=O) groups excluding carboxylic acids is 2. The van der Waals surface area contributed by atoms with Gasteiger partial charge in [-0.2, -0.15) is 0 Å². The van der Waals surface area contributed by atoms with Crippen LogP contribution in [0.5, 0.6) is 11.5 Å². The number of benzene rings is 3. The van der Waals surface area contributed by atoms with Crippen LogP contribution in [0.2, 0.25) is 5.02 Å². The van der Waals surface area contributed by atoms with Gasteiger partial charge in [0.2, 0.25) is 11.8 Å². The number of amides is 2. The van der Waals surface area contributed by atoms with Crippen LogP contribution < -0.4 is 19.1 Å². The lowest BCUT2D eigenvalue weighted by Gasteiger charge is -2.33. The highest BCUT2D eigenvalue weighted by atomic mass is 35.5. The van der Waals surface area contributed by atoms with Crippen molar-refractivity contribution in [2.24, 2.45) is 5.92 Å². The molecule has 3 rings (SSSR count). The maximum absolute atomic E-state index is 14.2. The van der Waals surface area contributed by atoms with Crippen LogP contribution in [-0.4, -0.2) is 58.5 Å². The Hall–Kier alpha value is -3.76. The van der Waals surface area contributed by atoms with Gasteiger partial charge in [-0.05, 0) is 67.3 Å². The quantitative estimate of drug-likeness (QED) is 0.255. The van der Waals surface area contributed by atoms with E-state index >= 15 is 0 Å².